The summed E-state index contributed by atoms with van der Waals surface area (Å²) < 4.78 is 0. The summed E-state index contributed by atoms with van der Waals surface area (Å²) in [4.78, 5) is 0. The normalized spacial score (nSPS) is 9.25. The number of hydrazine groups is 1. The second-order valence-electron chi connectivity index (χ2n) is 1.67. The highest BCUT2D eigenvalue weighted by Crippen LogP contribution is 1.78. The number of rotatable bonds is 3. The lowest BCUT2D eigenvalue weighted by Crippen LogP contribution is -2.31. The summed E-state index contributed by atoms with van der Waals surface area (Å²) >= 11 is 0. The van der Waals surface area contributed by atoms with Crippen LogP contribution in [0.5, 0.6) is 0 Å². The minimum atomic E-state index is 0.549. The molecule has 0 aromatic heterocycles. The molecule has 0 fully saturated rings. The third kappa shape index (κ3) is 3.66. The van der Waals surface area contributed by atoms with E-state index in [1.807, 2.05) is 0 Å². The predicted octanol–water partition coefficient (Wildman–Crippen LogP) is 0.205. The van der Waals surface area contributed by atoms with Gasteiger partial charge in [0.25, 0.3) is 0 Å². The number of hydrogen-bond acceptors (Lipinski definition) is 2. The van der Waals surface area contributed by atoms with E-state index < -0.39 is 0 Å². The molecule has 0 spiro atoms. The number of nitrogens with two attached hydrogens (primary N) is 1. The standard InChI is InChI=1S/C6H12N2/c1-3-5-8(7)6-4-2/h1H,4-7H2,2H3. The van der Waals surface area contributed by atoms with Crippen LogP contribution in [0.2, 0.25) is 0 Å². The maximum Gasteiger partial charge on any atom is 0.0737 e. The van der Waals surface area contributed by atoms with Crippen molar-refractivity contribution in [2.75, 3.05) is 13.1 Å². The molecule has 2 N–H and O–H groups in total. The highest BCUT2D eigenvalue weighted by Gasteiger charge is 1.89. The van der Waals surface area contributed by atoms with E-state index in [1.165, 1.54) is 0 Å². The molecule has 2 nitrogen and oxygen atoms in total. The van der Waals surface area contributed by atoms with Crippen LogP contribution in [-0.4, -0.2) is 18.1 Å². The Bertz CT molecular complexity index is 83.0. The lowest BCUT2D eigenvalue weighted by Gasteiger charge is -2.09. The summed E-state index contributed by atoms with van der Waals surface area (Å²) in [7, 11) is 0. The summed E-state index contributed by atoms with van der Waals surface area (Å²) in [5.74, 6) is 7.84. The highest BCUT2D eigenvalue weighted by molar-refractivity contribution is 4.86. The quantitative estimate of drug-likeness (QED) is 0.321. The minimum absolute atomic E-state index is 0.549. The number of terminal acetylenes is 1. The van der Waals surface area contributed by atoms with Crippen molar-refractivity contribution < 1.29 is 0 Å². The summed E-state index contributed by atoms with van der Waals surface area (Å²) in [6, 6.07) is 0. The zero-order chi connectivity index (χ0) is 6.41. The van der Waals surface area contributed by atoms with Crippen LogP contribution in [0, 0.1) is 12.3 Å². The van der Waals surface area contributed by atoms with Gasteiger partial charge in [-0.2, -0.15) is 0 Å². The van der Waals surface area contributed by atoms with Crippen LogP contribution in [0.25, 0.3) is 0 Å². The molecule has 0 heterocycles. The van der Waals surface area contributed by atoms with Crippen molar-refractivity contribution in [2.45, 2.75) is 13.3 Å². The third-order valence-electron chi connectivity index (χ3n) is 0.805. The van der Waals surface area contributed by atoms with E-state index >= 15 is 0 Å². The Kier molecular flexibility index (Phi) is 4.33. The first-order valence-corrected chi connectivity index (χ1v) is 2.74. The van der Waals surface area contributed by atoms with E-state index in [9.17, 15) is 0 Å². The summed E-state index contributed by atoms with van der Waals surface area (Å²) in [6.07, 6.45) is 6.04. The average Bonchev–Trinajstić information content (AvgIpc) is 1.68. The van der Waals surface area contributed by atoms with E-state index in [0.29, 0.717) is 6.54 Å². The third-order valence-corrected chi connectivity index (χ3v) is 0.805. The minimum Gasteiger partial charge on any atom is -0.268 e. The van der Waals surface area contributed by atoms with Crippen LogP contribution >= 0.6 is 0 Å². The second-order valence-corrected chi connectivity index (χ2v) is 1.67. The van der Waals surface area contributed by atoms with Crippen LogP contribution in [0.4, 0.5) is 0 Å². The van der Waals surface area contributed by atoms with Gasteiger partial charge in [0.15, 0.2) is 0 Å². The molecule has 0 saturated heterocycles. The average molecular weight is 112 g/mol. The van der Waals surface area contributed by atoms with Crippen molar-refractivity contribution >= 4 is 0 Å². The molecule has 0 aromatic rings. The predicted molar refractivity (Wildman–Crippen MR) is 34.9 cm³/mol. The lowest BCUT2D eigenvalue weighted by atomic mass is 10.4. The van der Waals surface area contributed by atoms with Crippen LogP contribution in [0.15, 0.2) is 0 Å². The Balaban J connectivity index is 3.08. The topological polar surface area (TPSA) is 29.3 Å². The van der Waals surface area contributed by atoms with Gasteiger partial charge in [-0.25, -0.2) is 5.01 Å². The molecular formula is C6H12N2. The van der Waals surface area contributed by atoms with E-state index in [1.54, 1.807) is 5.01 Å². The molecule has 0 aliphatic heterocycles. The smallest absolute Gasteiger partial charge is 0.0737 e. The van der Waals surface area contributed by atoms with E-state index in [-0.39, 0.29) is 0 Å². The molecular weight excluding hydrogens is 100 g/mol. The van der Waals surface area contributed by atoms with Crippen LogP contribution in [-0.2, 0) is 0 Å². The molecule has 46 valence electrons. The Morgan fingerprint density at radius 2 is 2.38 bits per heavy atom. The van der Waals surface area contributed by atoms with Crippen molar-refractivity contribution in [2.24, 2.45) is 5.84 Å². The fourth-order valence-electron chi connectivity index (χ4n) is 0.484. The summed E-state index contributed by atoms with van der Waals surface area (Å²) in [5.41, 5.74) is 0. The Morgan fingerprint density at radius 1 is 1.75 bits per heavy atom. The van der Waals surface area contributed by atoms with E-state index in [2.05, 4.69) is 12.8 Å². The molecule has 0 aliphatic carbocycles. The van der Waals surface area contributed by atoms with Gasteiger partial charge in [0, 0.05) is 6.54 Å². The first-order valence-electron chi connectivity index (χ1n) is 2.74. The number of nitrogens with zero attached hydrogens (tertiary/aromatic N) is 1. The van der Waals surface area contributed by atoms with Gasteiger partial charge in [-0.1, -0.05) is 12.8 Å². The van der Waals surface area contributed by atoms with Gasteiger partial charge in [-0.3, -0.25) is 5.84 Å². The Labute approximate surface area is 50.6 Å². The van der Waals surface area contributed by atoms with Crippen molar-refractivity contribution in [3.63, 3.8) is 0 Å². The molecule has 0 aliphatic rings. The fraction of sp³-hybridized carbons (Fsp3) is 0.667. The second kappa shape index (κ2) is 4.63. The lowest BCUT2D eigenvalue weighted by molar-refractivity contribution is 0.320. The van der Waals surface area contributed by atoms with Gasteiger partial charge in [-0.15, -0.1) is 6.42 Å². The van der Waals surface area contributed by atoms with Crippen molar-refractivity contribution in [3.05, 3.63) is 0 Å². The van der Waals surface area contributed by atoms with Crippen molar-refractivity contribution in [1.82, 2.24) is 5.01 Å². The van der Waals surface area contributed by atoms with Crippen LogP contribution in [0.1, 0.15) is 13.3 Å². The maximum atomic E-state index is 5.39. The molecule has 0 bridgehead atoms. The molecule has 0 atom stereocenters. The molecule has 0 amide bonds. The molecule has 8 heavy (non-hydrogen) atoms. The van der Waals surface area contributed by atoms with Crippen molar-refractivity contribution in [1.29, 1.82) is 0 Å². The molecule has 0 saturated carbocycles. The molecule has 0 unspecified atom stereocenters. The molecule has 2 heteroatoms. The van der Waals surface area contributed by atoms with Crippen LogP contribution in [0.3, 0.4) is 0 Å². The van der Waals surface area contributed by atoms with E-state index in [4.69, 9.17) is 12.3 Å². The Hall–Kier alpha value is -0.520. The van der Waals surface area contributed by atoms with Gasteiger partial charge in [0.1, 0.15) is 0 Å². The van der Waals surface area contributed by atoms with E-state index in [0.717, 1.165) is 13.0 Å². The summed E-state index contributed by atoms with van der Waals surface area (Å²) in [5, 5.41) is 1.62. The van der Waals surface area contributed by atoms with Gasteiger partial charge < -0.3 is 0 Å². The molecule has 0 rings (SSSR count). The zero-order valence-corrected chi connectivity index (χ0v) is 5.22. The first kappa shape index (κ1) is 7.48. The monoisotopic (exact) mass is 112 g/mol. The first-order chi connectivity index (χ1) is 3.81. The fourth-order valence-corrected chi connectivity index (χ4v) is 0.484. The molecule has 0 radical (unpaired) electrons. The number of hydrogen-bond donors (Lipinski definition) is 1. The van der Waals surface area contributed by atoms with Crippen molar-refractivity contribution in [3.8, 4) is 12.3 Å². The van der Waals surface area contributed by atoms with Gasteiger partial charge in [-0.05, 0) is 6.42 Å². The van der Waals surface area contributed by atoms with Crippen LogP contribution < -0.4 is 5.84 Å². The summed E-state index contributed by atoms with van der Waals surface area (Å²) in [6.45, 7) is 3.49. The zero-order valence-electron chi connectivity index (χ0n) is 5.22. The Morgan fingerprint density at radius 3 is 2.75 bits per heavy atom. The highest BCUT2D eigenvalue weighted by atomic mass is 15.4. The van der Waals surface area contributed by atoms with Gasteiger partial charge >= 0.3 is 0 Å². The maximum absolute atomic E-state index is 5.39. The molecule has 0 aromatic carbocycles. The SMILES string of the molecule is C#CCN(N)CCC. The largest absolute Gasteiger partial charge is 0.268 e. The van der Waals surface area contributed by atoms with Gasteiger partial charge in [0.05, 0.1) is 6.54 Å². The van der Waals surface area contributed by atoms with Gasteiger partial charge in [0.2, 0.25) is 0 Å².